The predicted octanol–water partition coefficient (Wildman–Crippen LogP) is 3.00. The minimum Gasteiger partial charge on any atom is -0.0993 e. The Bertz CT molecular complexity index is 101. The van der Waals surface area contributed by atoms with Gasteiger partial charge in [-0.1, -0.05) is 32.4 Å². The second-order valence-electron chi connectivity index (χ2n) is 3.31. The van der Waals surface area contributed by atoms with Crippen LogP contribution in [-0.4, -0.2) is 0 Å². The summed E-state index contributed by atoms with van der Waals surface area (Å²) in [6.07, 6.45) is 4.13. The predicted molar refractivity (Wildman–Crippen MR) is 41.3 cm³/mol. The van der Waals surface area contributed by atoms with E-state index < -0.39 is 0 Å². The van der Waals surface area contributed by atoms with E-state index in [1.54, 1.807) is 0 Å². The second-order valence-corrected chi connectivity index (χ2v) is 3.31. The fraction of sp³-hybridized carbons (Fsp3) is 0.778. The number of hydrogen-bond donors (Lipinski definition) is 0. The Hall–Kier alpha value is -0.260. The highest BCUT2D eigenvalue weighted by atomic mass is 14.2. The first-order valence-electron chi connectivity index (χ1n) is 3.90. The van der Waals surface area contributed by atoms with Crippen LogP contribution in [-0.2, 0) is 0 Å². The van der Waals surface area contributed by atoms with E-state index in [9.17, 15) is 0 Å². The van der Waals surface area contributed by atoms with Crippen molar-refractivity contribution >= 4 is 0 Å². The molecule has 0 heterocycles. The lowest BCUT2D eigenvalue weighted by molar-refractivity contribution is 0.406. The first-order chi connectivity index (χ1) is 4.22. The van der Waals surface area contributed by atoms with Gasteiger partial charge < -0.3 is 0 Å². The molecule has 0 aromatic carbocycles. The van der Waals surface area contributed by atoms with E-state index >= 15 is 0 Å². The van der Waals surface area contributed by atoms with Gasteiger partial charge in [-0.2, -0.15) is 0 Å². The highest BCUT2D eigenvalue weighted by molar-refractivity contribution is 5.05. The average molecular weight is 124 g/mol. The van der Waals surface area contributed by atoms with Crippen LogP contribution in [0.3, 0.4) is 0 Å². The smallest absolute Gasteiger partial charge is 0.0232 e. The maximum absolute atomic E-state index is 4.08. The second kappa shape index (κ2) is 2.55. The van der Waals surface area contributed by atoms with E-state index in [1.807, 2.05) is 0 Å². The molecule has 9 heavy (non-hydrogen) atoms. The summed E-state index contributed by atoms with van der Waals surface area (Å²) in [5.74, 6) is 1.57. The van der Waals surface area contributed by atoms with Crippen LogP contribution in [0, 0.1) is 11.8 Å². The molecule has 0 spiro atoms. The third-order valence-electron chi connectivity index (χ3n) is 2.54. The van der Waals surface area contributed by atoms with Crippen LogP contribution >= 0.6 is 0 Å². The van der Waals surface area contributed by atoms with E-state index in [0.717, 1.165) is 11.8 Å². The van der Waals surface area contributed by atoms with E-state index in [2.05, 4.69) is 20.4 Å². The first-order valence-corrected chi connectivity index (χ1v) is 3.90. The van der Waals surface area contributed by atoms with Crippen LogP contribution in [0.5, 0.6) is 0 Å². The Labute approximate surface area is 58.0 Å². The van der Waals surface area contributed by atoms with E-state index in [4.69, 9.17) is 0 Å². The molecule has 1 saturated carbocycles. The van der Waals surface area contributed by atoms with Gasteiger partial charge in [0.25, 0.3) is 0 Å². The molecule has 0 aromatic heterocycles. The van der Waals surface area contributed by atoms with Crippen LogP contribution in [0.25, 0.3) is 0 Å². The lowest BCUT2D eigenvalue weighted by Crippen LogP contribution is -2.13. The maximum Gasteiger partial charge on any atom is -0.0232 e. The van der Waals surface area contributed by atoms with Crippen molar-refractivity contribution in [1.29, 1.82) is 0 Å². The van der Waals surface area contributed by atoms with Crippen molar-refractivity contribution in [3.63, 3.8) is 0 Å². The summed E-state index contributed by atoms with van der Waals surface area (Å²) in [5, 5.41) is 0. The fourth-order valence-electron chi connectivity index (χ4n) is 1.59. The maximum atomic E-state index is 4.08. The van der Waals surface area contributed by atoms with Crippen LogP contribution in [0.15, 0.2) is 12.2 Å². The van der Waals surface area contributed by atoms with Gasteiger partial charge in [0, 0.05) is 0 Å². The zero-order valence-corrected chi connectivity index (χ0v) is 6.48. The van der Waals surface area contributed by atoms with Gasteiger partial charge in [0.1, 0.15) is 0 Å². The third-order valence-corrected chi connectivity index (χ3v) is 2.54. The van der Waals surface area contributed by atoms with Crippen molar-refractivity contribution in [3.05, 3.63) is 12.2 Å². The molecule has 1 aliphatic rings. The molecule has 0 aliphatic heterocycles. The summed E-state index contributed by atoms with van der Waals surface area (Å²) >= 11 is 0. The Morgan fingerprint density at radius 1 is 1.22 bits per heavy atom. The Kier molecular flexibility index (Phi) is 1.94. The quantitative estimate of drug-likeness (QED) is 0.435. The Morgan fingerprint density at radius 2 is 1.67 bits per heavy atom. The Morgan fingerprint density at radius 3 is 2.00 bits per heavy atom. The van der Waals surface area contributed by atoms with Crippen LogP contribution < -0.4 is 0 Å². The first kappa shape index (κ1) is 6.85. The van der Waals surface area contributed by atoms with Gasteiger partial charge >= 0.3 is 0 Å². The highest BCUT2D eigenvalue weighted by Crippen LogP contribution is 2.31. The summed E-state index contributed by atoms with van der Waals surface area (Å²) in [6, 6.07) is 0. The zero-order chi connectivity index (χ0) is 6.85. The van der Waals surface area contributed by atoms with Crippen molar-refractivity contribution in [2.75, 3.05) is 0 Å². The third kappa shape index (κ3) is 1.35. The van der Waals surface area contributed by atoms with Crippen molar-refractivity contribution in [1.82, 2.24) is 0 Å². The van der Waals surface area contributed by atoms with Crippen LogP contribution in [0.2, 0.25) is 0 Å². The average Bonchev–Trinajstić information content (AvgIpc) is 1.83. The summed E-state index contributed by atoms with van der Waals surface area (Å²) < 4.78 is 0. The standard InChI is InChI=1S/C9H16/c1-7-5-4-6-8(2)9(7)3/h7-8H,3-6H2,1-2H3/t7-,8-/m0/s1. The van der Waals surface area contributed by atoms with Crippen molar-refractivity contribution in [2.45, 2.75) is 33.1 Å². The topological polar surface area (TPSA) is 0 Å². The molecule has 0 amide bonds. The molecular weight excluding hydrogens is 108 g/mol. The van der Waals surface area contributed by atoms with E-state index in [0.29, 0.717) is 0 Å². The van der Waals surface area contributed by atoms with Gasteiger partial charge in [-0.15, -0.1) is 0 Å². The lowest BCUT2D eigenvalue weighted by atomic mass is 9.80. The fourth-order valence-corrected chi connectivity index (χ4v) is 1.59. The molecular formula is C9H16. The van der Waals surface area contributed by atoms with E-state index in [-0.39, 0.29) is 0 Å². The van der Waals surface area contributed by atoms with Gasteiger partial charge in [0.2, 0.25) is 0 Å². The molecule has 0 unspecified atom stereocenters. The Balaban J connectivity index is 2.52. The SMILES string of the molecule is C=C1[C@@H](C)CCC[C@@H]1C. The molecule has 1 rings (SSSR count). The largest absolute Gasteiger partial charge is 0.0993 e. The molecule has 2 atom stereocenters. The normalized spacial score (nSPS) is 36.9. The van der Waals surface area contributed by atoms with Gasteiger partial charge in [0.05, 0.1) is 0 Å². The molecule has 0 aromatic rings. The molecule has 0 heteroatoms. The molecule has 0 nitrogen and oxygen atoms in total. The van der Waals surface area contributed by atoms with E-state index in [1.165, 1.54) is 24.8 Å². The molecule has 0 bridgehead atoms. The highest BCUT2D eigenvalue weighted by Gasteiger charge is 2.18. The number of hydrogen-bond acceptors (Lipinski definition) is 0. The van der Waals surface area contributed by atoms with Gasteiger partial charge in [-0.25, -0.2) is 0 Å². The summed E-state index contributed by atoms with van der Waals surface area (Å²) in [4.78, 5) is 0. The number of allylic oxidation sites excluding steroid dienone is 1. The van der Waals surface area contributed by atoms with Gasteiger partial charge in [0.15, 0.2) is 0 Å². The minimum atomic E-state index is 0.786. The van der Waals surface area contributed by atoms with Crippen LogP contribution in [0.4, 0.5) is 0 Å². The summed E-state index contributed by atoms with van der Waals surface area (Å²) in [7, 11) is 0. The molecule has 1 fully saturated rings. The molecule has 0 N–H and O–H groups in total. The van der Waals surface area contributed by atoms with Crippen molar-refractivity contribution < 1.29 is 0 Å². The summed E-state index contributed by atoms with van der Waals surface area (Å²) in [5.41, 5.74) is 1.47. The van der Waals surface area contributed by atoms with Gasteiger partial charge in [-0.3, -0.25) is 0 Å². The van der Waals surface area contributed by atoms with Crippen molar-refractivity contribution in [3.8, 4) is 0 Å². The van der Waals surface area contributed by atoms with Crippen molar-refractivity contribution in [2.24, 2.45) is 11.8 Å². The lowest BCUT2D eigenvalue weighted by Gasteiger charge is -2.26. The zero-order valence-electron chi connectivity index (χ0n) is 6.48. The molecule has 52 valence electrons. The number of rotatable bonds is 0. The van der Waals surface area contributed by atoms with Gasteiger partial charge in [-0.05, 0) is 24.7 Å². The molecule has 0 radical (unpaired) electrons. The molecule has 0 saturated heterocycles. The minimum absolute atomic E-state index is 0.786. The molecule has 1 aliphatic carbocycles. The van der Waals surface area contributed by atoms with Crippen LogP contribution in [0.1, 0.15) is 33.1 Å². The monoisotopic (exact) mass is 124 g/mol. The summed E-state index contributed by atoms with van der Waals surface area (Å²) in [6.45, 7) is 8.66.